The Morgan fingerprint density at radius 3 is 2.59 bits per heavy atom. The third-order valence-corrected chi connectivity index (χ3v) is 8.65. The molecule has 3 aliphatic heterocycles. The number of morpholine rings is 1. The molecule has 1 saturated carbocycles. The van der Waals surface area contributed by atoms with Gasteiger partial charge in [0.25, 0.3) is 12.3 Å². The Bertz CT molecular complexity index is 1340. The van der Waals surface area contributed by atoms with Gasteiger partial charge in [-0.1, -0.05) is 19.3 Å². The van der Waals surface area contributed by atoms with Crippen LogP contribution in [-0.2, 0) is 4.74 Å². The molecule has 0 spiro atoms. The molecule has 2 N–H and O–H groups in total. The lowest BCUT2D eigenvalue weighted by Crippen LogP contribution is -2.37. The number of fused-ring (bicyclic) bond motifs is 3. The molecule has 4 fully saturated rings. The highest BCUT2D eigenvalue weighted by molar-refractivity contribution is 6.08. The predicted molar refractivity (Wildman–Crippen MR) is 148 cm³/mol. The number of alkyl halides is 2. The highest BCUT2D eigenvalue weighted by atomic mass is 19.3. The summed E-state index contributed by atoms with van der Waals surface area (Å²) in [4.78, 5) is 22.2. The SMILES string of the molecule is CN1CCC(O)CC1.O=C(Nc1cn(C2CCCCC2)nc1C(F)F)c1cnn2ccc(N3CC4C[C@@H]3CO4)nc12. The van der Waals surface area contributed by atoms with Gasteiger partial charge in [0, 0.05) is 32.0 Å². The van der Waals surface area contributed by atoms with Crippen LogP contribution in [0.2, 0.25) is 0 Å². The average Bonchev–Trinajstić information content (AvgIpc) is 3.78. The third kappa shape index (κ3) is 6.07. The number of aliphatic hydroxyl groups is 1. The minimum absolute atomic E-state index is 0.0220. The largest absolute Gasteiger partial charge is 0.393 e. The van der Waals surface area contributed by atoms with E-state index in [0.29, 0.717) is 12.3 Å². The highest BCUT2D eigenvalue weighted by Gasteiger charge is 2.39. The average molecular weight is 573 g/mol. The zero-order valence-corrected chi connectivity index (χ0v) is 23.3. The molecule has 13 heteroatoms. The molecule has 1 aliphatic carbocycles. The highest BCUT2D eigenvalue weighted by Crippen LogP contribution is 2.34. The van der Waals surface area contributed by atoms with Gasteiger partial charge in [-0.05, 0) is 45.2 Å². The van der Waals surface area contributed by atoms with Crippen molar-refractivity contribution >= 4 is 23.1 Å². The molecule has 0 aromatic carbocycles. The molecular formula is C28H38F2N8O3. The molecule has 1 unspecified atom stereocenters. The van der Waals surface area contributed by atoms with E-state index in [-0.39, 0.29) is 35.5 Å². The number of anilines is 2. The van der Waals surface area contributed by atoms with Crippen molar-refractivity contribution < 1.29 is 23.4 Å². The minimum Gasteiger partial charge on any atom is -0.393 e. The number of ether oxygens (including phenoxy) is 1. The molecule has 4 aliphatic rings. The number of carbonyl (C=O) groups excluding carboxylic acids is 1. The van der Waals surface area contributed by atoms with Crippen molar-refractivity contribution in [1.82, 2.24) is 29.3 Å². The van der Waals surface area contributed by atoms with Crippen molar-refractivity contribution in [3.8, 4) is 0 Å². The Labute approximate surface area is 237 Å². The fraction of sp³-hybridized carbons (Fsp3) is 0.643. The van der Waals surface area contributed by atoms with Gasteiger partial charge in [0.05, 0.1) is 42.8 Å². The number of aliphatic hydroxyl groups excluding tert-OH is 1. The first-order valence-corrected chi connectivity index (χ1v) is 14.6. The van der Waals surface area contributed by atoms with Gasteiger partial charge in [-0.2, -0.15) is 10.2 Å². The molecule has 6 heterocycles. The number of nitrogens with zero attached hydrogens (tertiary/aromatic N) is 7. The monoisotopic (exact) mass is 572 g/mol. The zero-order valence-electron chi connectivity index (χ0n) is 23.3. The molecule has 2 atom stereocenters. The number of nitrogens with one attached hydrogen (secondary N) is 1. The van der Waals surface area contributed by atoms with Crippen LogP contribution in [0.3, 0.4) is 0 Å². The molecule has 3 aromatic heterocycles. The number of hydrogen-bond acceptors (Lipinski definition) is 8. The van der Waals surface area contributed by atoms with Crippen LogP contribution in [0.4, 0.5) is 20.3 Å². The quantitative estimate of drug-likeness (QED) is 0.476. The van der Waals surface area contributed by atoms with Gasteiger partial charge in [0.2, 0.25) is 0 Å². The zero-order chi connectivity index (χ0) is 28.5. The van der Waals surface area contributed by atoms with Gasteiger partial charge in [-0.3, -0.25) is 9.48 Å². The number of piperidine rings is 1. The maximum Gasteiger partial charge on any atom is 0.284 e. The first kappa shape index (κ1) is 28.0. The van der Waals surface area contributed by atoms with Crippen LogP contribution in [0.25, 0.3) is 5.65 Å². The summed E-state index contributed by atoms with van der Waals surface area (Å²) in [5.41, 5.74) is 0.229. The normalized spacial score (nSPS) is 23.8. The van der Waals surface area contributed by atoms with E-state index in [9.17, 15) is 13.6 Å². The summed E-state index contributed by atoms with van der Waals surface area (Å²) in [5.74, 6) is 0.220. The van der Waals surface area contributed by atoms with E-state index < -0.39 is 18.0 Å². The van der Waals surface area contributed by atoms with E-state index in [1.165, 1.54) is 16.9 Å². The number of halogens is 2. The van der Waals surface area contributed by atoms with Crippen molar-refractivity contribution in [2.45, 2.75) is 82.1 Å². The standard InChI is InChI=1S/C22H25F2N7O2.C6H13NO/c23-20(24)19-17(11-31(28-19)13-4-2-1-3-5-13)26-22(32)16-9-25-30-7-6-18(27-21(16)30)29-10-15-8-14(29)12-33-15;1-7-4-2-6(8)3-5-7/h6-7,9,11,13-15,20H,1-5,8,10,12H2,(H,26,32);6,8H,2-5H2,1H3/t14-,15?;/m1./s1. The van der Waals surface area contributed by atoms with Crippen LogP contribution in [0.15, 0.2) is 24.7 Å². The summed E-state index contributed by atoms with van der Waals surface area (Å²) in [6, 6.07) is 2.23. The summed E-state index contributed by atoms with van der Waals surface area (Å²) in [6.45, 7) is 3.55. The first-order chi connectivity index (χ1) is 19.9. The maximum absolute atomic E-state index is 13.7. The Morgan fingerprint density at radius 1 is 1.15 bits per heavy atom. The van der Waals surface area contributed by atoms with Crippen molar-refractivity contribution in [1.29, 1.82) is 0 Å². The third-order valence-electron chi connectivity index (χ3n) is 8.65. The van der Waals surface area contributed by atoms with Crippen molar-refractivity contribution in [3.63, 3.8) is 0 Å². The Kier molecular flexibility index (Phi) is 8.18. The van der Waals surface area contributed by atoms with Crippen LogP contribution in [0.1, 0.15) is 79.9 Å². The van der Waals surface area contributed by atoms with Crippen LogP contribution in [0.5, 0.6) is 0 Å². The number of likely N-dealkylation sites (tertiary alicyclic amines) is 1. The molecule has 3 aromatic rings. The summed E-state index contributed by atoms with van der Waals surface area (Å²) < 4.78 is 36.1. The first-order valence-electron chi connectivity index (χ1n) is 14.6. The number of aromatic nitrogens is 5. The molecule has 222 valence electrons. The second-order valence-electron chi connectivity index (χ2n) is 11.6. The van der Waals surface area contributed by atoms with Crippen molar-refractivity contribution in [2.24, 2.45) is 0 Å². The van der Waals surface area contributed by atoms with Gasteiger partial charge in [0.15, 0.2) is 11.3 Å². The van der Waals surface area contributed by atoms with Crippen LogP contribution < -0.4 is 10.2 Å². The second-order valence-corrected chi connectivity index (χ2v) is 11.6. The summed E-state index contributed by atoms with van der Waals surface area (Å²) in [5, 5.41) is 20.0. The molecule has 0 radical (unpaired) electrons. The van der Waals surface area contributed by atoms with Gasteiger partial charge in [0.1, 0.15) is 11.4 Å². The Morgan fingerprint density at radius 2 is 1.93 bits per heavy atom. The van der Waals surface area contributed by atoms with Gasteiger partial charge < -0.3 is 25.0 Å². The lowest BCUT2D eigenvalue weighted by atomic mass is 9.96. The topological polar surface area (TPSA) is 113 Å². The molecule has 2 bridgehead atoms. The molecule has 11 nitrogen and oxygen atoms in total. The van der Waals surface area contributed by atoms with E-state index in [4.69, 9.17) is 9.84 Å². The van der Waals surface area contributed by atoms with Crippen molar-refractivity contribution in [3.05, 3.63) is 35.9 Å². The lowest BCUT2D eigenvalue weighted by molar-refractivity contribution is 0.0942. The Balaban J connectivity index is 0.000000328. The van der Waals surface area contributed by atoms with Gasteiger partial charge in [-0.15, -0.1) is 0 Å². The Hall–Kier alpha value is -3.16. The second kappa shape index (κ2) is 12.0. The van der Waals surface area contributed by atoms with E-state index in [0.717, 1.165) is 76.8 Å². The van der Waals surface area contributed by atoms with E-state index in [1.807, 2.05) is 6.07 Å². The molecule has 1 amide bonds. The summed E-state index contributed by atoms with van der Waals surface area (Å²) >= 11 is 0. The summed E-state index contributed by atoms with van der Waals surface area (Å²) in [7, 11) is 2.09. The lowest BCUT2D eigenvalue weighted by Gasteiger charge is -2.27. The van der Waals surface area contributed by atoms with E-state index >= 15 is 0 Å². The summed E-state index contributed by atoms with van der Waals surface area (Å²) in [6.07, 6.45) is 10.1. The fourth-order valence-electron chi connectivity index (χ4n) is 6.24. The molecule has 41 heavy (non-hydrogen) atoms. The molecule has 3 saturated heterocycles. The van der Waals surface area contributed by atoms with E-state index in [2.05, 4.69) is 37.3 Å². The van der Waals surface area contributed by atoms with E-state index in [1.54, 1.807) is 10.9 Å². The molecular weight excluding hydrogens is 534 g/mol. The van der Waals surface area contributed by atoms with Crippen molar-refractivity contribution in [2.75, 3.05) is 43.5 Å². The minimum atomic E-state index is -2.79. The fourth-order valence-corrected chi connectivity index (χ4v) is 6.24. The number of carbonyl (C=O) groups is 1. The molecule has 7 rings (SSSR count). The van der Waals surface area contributed by atoms with Gasteiger partial charge in [-0.25, -0.2) is 18.3 Å². The maximum atomic E-state index is 13.7. The number of amides is 1. The van der Waals surface area contributed by atoms with Gasteiger partial charge >= 0.3 is 0 Å². The van der Waals surface area contributed by atoms with Crippen LogP contribution >= 0.6 is 0 Å². The number of rotatable bonds is 5. The van der Waals surface area contributed by atoms with Crippen LogP contribution in [0, 0.1) is 0 Å². The van der Waals surface area contributed by atoms with Crippen LogP contribution in [-0.4, -0.2) is 91.8 Å². The number of hydrogen-bond donors (Lipinski definition) is 2. The smallest absolute Gasteiger partial charge is 0.284 e. The predicted octanol–water partition coefficient (Wildman–Crippen LogP) is 3.67.